The second kappa shape index (κ2) is 5.68. The lowest BCUT2D eigenvalue weighted by Crippen LogP contribution is -1.93. The molecule has 0 unspecified atom stereocenters. The molecular weight excluding hydrogens is 272 g/mol. The van der Waals surface area contributed by atoms with E-state index in [0.717, 1.165) is 12.1 Å². The van der Waals surface area contributed by atoms with Crippen LogP contribution in [-0.4, -0.2) is 0 Å². The van der Waals surface area contributed by atoms with Crippen LogP contribution in [-0.2, 0) is 5.88 Å². The molecule has 0 bridgehead atoms. The van der Waals surface area contributed by atoms with Gasteiger partial charge in [-0.3, -0.25) is 0 Å². The van der Waals surface area contributed by atoms with Crippen molar-refractivity contribution in [1.82, 2.24) is 0 Å². The van der Waals surface area contributed by atoms with E-state index in [2.05, 4.69) is 0 Å². The number of nitrogens with zero attached hydrogens (tertiary/aromatic N) is 1. The molecule has 0 aliphatic rings. The molecule has 0 saturated carbocycles. The van der Waals surface area contributed by atoms with E-state index in [4.69, 9.17) is 21.6 Å². The molecule has 19 heavy (non-hydrogen) atoms. The number of benzene rings is 2. The minimum atomic E-state index is -0.686. The maximum Gasteiger partial charge on any atom is 0.148 e. The molecule has 96 valence electrons. The van der Waals surface area contributed by atoms with Crippen molar-refractivity contribution in [3.63, 3.8) is 0 Å². The average Bonchev–Trinajstić information content (AvgIpc) is 2.38. The Labute approximate surface area is 113 Å². The SMILES string of the molecule is N#Cc1c(F)cccc1Oc1cc(F)cc(CCl)c1. The number of halogens is 3. The zero-order valence-electron chi connectivity index (χ0n) is 9.66. The topological polar surface area (TPSA) is 33.0 Å². The quantitative estimate of drug-likeness (QED) is 0.782. The summed E-state index contributed by atoms with van der Waals surface area (Å²) < 4.78 is 32.0. The summed E-state index contributed by atoms with van der Waals surface area (Å²) in [6.07, 6.45) is 0. The van der Waals surface area contributed by atoms with Crippen LogP contribution in [0, 0.1) is 23.0 Å². The van der Waals surface area contributed by atoms with E-state index in [1.54, 1.807) is 6.07 Å². The van der Waals surface area contributed by atoms with Gasteiger partial charge in [-0.2, -0.15) is 5.26 Å². The fraction of sp³-hybridized carbons (Fsp3) is 0.0714. The molecule has 5 heteroatoms. The molecule has 2 rings (SSSR count). The van der Waals surface area contributed by atoms with Crippen LogP contribution in [0.4, 0.5) is 8.78 Å². The molecule has 0 fully saturated rings. The van der Waals surface area contributed by atoms with Crippen molar-refractivity contribution in [2.24, 2.45) is 0 Å². The zero-order valence-corrected chi connectivity index (χ0v) is 10.4. The summed E-state index contributed by atoms with van der Waals surface area (Å²) in [5, 5.41) is 8.87. The highest BCUT2D eigenvalue weighted by molar-refractivity contribution is 6.17. The number of rotatable bonds is 3. The van der Waals surface area contributed by atoms with Crippen LogP contribution in [0.2, 0.25) is 0 Å². The molecule has 0 aliphatic carbocycles. The zero-order chi connectivity index (χ0) is 13.8. The Hall–Kier alpha value is -2.12. The van der Waals surface area contributed by atoms with E-state index >= 15 is 0 Å². The summed E-state index contributed by atoms with van der Waals surface area (Å²) in [6.45, 7) is 0. The Morgan fingerprint density at radius 3 is 2.68 bits per heavy atom. The number of hydrogen-bond donors (Lipinski definition) is 0. The maximum absolute atomic E-state index is 13.4. The summed E-state index contributed by atoms with van der Waals surface area (Å²) in [5.41, 5.74) is 0.311. The van der Waals surface area contributed by atoms with E-state index in [0.29, 0.717) is 5.56 Å². The van der Waals surface area contributed by atoms with Crippen molar-refractivity contribution in [2.45, 2.75) is 5.88 Å². The van der Waals surface area contributed by atoms with Gasteiger partial charge in [0.05, 0.1) is 0 Å². The fourth-order valence-corrected chi connectivity index (χ4v) is 1.74. The van der Waals surface area contributed by atoms with E-state index in [1.165, 1.54) is 24.3 Å². The fourth-order valence-electron chi connectivity index (χ4n) is 1.58. The second-order valence-corrected chi connectivity index (χ2v) is 4.02. The highest BCUT2D eigenvalue weighted by atomic mass is 35.5. The van der Waals surface area contributed by atoms with E-state index < -0.39 is 11.6 Å². The third-order valence-electron chi connectivity index (χ3n) is 2.40. The van der Waals surface area contributed by atoms with Gasteiger partial charge in [0, 0.05) is 11.9 Å². The average molecular weight is 280 g/mol. The molecule has 2 nitrogen and oxygen atoms in total. The molecule has 2 aromatic carbocycles. The Morgan fingerprint density at radius 1 is 1.21 bits per heavy atom. The summed E-state index contributed by atoms with van der Waals surface area (Å²) in [7, 11) is 0. The van der Waals surface area contributed by atoms with Crippen LogP contribution in [0.25, 0.3) is 0 Å². The molecule has 0 heterocycles. The molecule has 0 N–H and O–H groups in total. The lowest BCUT2D eigenvalue weighted by Gasteiger charge is -2.09. The van der Waals surface area contributed by atoms with Gasteiger partial charge in [-0.15, -0.1) is 11.6 Å². The lowest BCUT2D eigenvalue weighted by molar-refractivity contribution is 0.468. The summed E-state index contributed by atoms with van der Waals surface area (Å²) in [4.78, 5) is 0. The predicted octanol–water partition coefficient (Wildman–Crippen LogP) is 4.37. The van der Waals surface area contributed by atoms with Crippen molar-refractivity contribution < 1.29 is 13.5 Å². The predicted molar refractivity (Wildman–Crippen MR) is 67.1 cm³/mol. The smallest absolute Gasteiger partial charge is 0.148 e. The lowest BCUT2D eigenvalue weighted by atomic mass is 10.2. The van der Waals surface area contributed by atoms with Crippen molar-refractivity contribution in [2.75, 3.05) is 0 Å². The van der Waals surface area contributed by atoms with Gasteiger partial charge in [-0.1, -0.05) is 6.07 Å². The molecule has 0 aliphatic heterocycles. The maximum atomic E-state index is 13.4. The highest BCUT2D eigenvalue weighted by Crippen LogP contribution is 2.28. The van der Waals surface area contributed by atoms with Gasteiger partial charge < -0.3 is 4.74 Å². The number of alkyl halides is 1. The van der Waals surface area contributed by atoms with E-state index in [9.17, 15) is 8.78 Å². The molecule has 0 amide bonds. The second-order valence-electron chi connectivity index (χ2n) is 3.76. The van der Waals surface area contributed by atoms with Gasteiger partial charge in [0.1, 0.15) is 34.8 Å². The monoisotopic (exact) mass is 279 g/mol. The Bertz CT molecular complexity index is 652. The van der Waals surface area contributed by atoms with Gasteiger partial charge in [0.25, 0.3) is 0 Å². The van der Waals surface area contributed by atoms with Gasteiger partial charge >= 0.3 is 0 Å². The first kappa shape index (κ1) is 13.3. The Morgan fingerprint density at radius 2 is 2.00 bits per heavy atom. The molecule has 2 aromatic rings. The van der Waals surface area contributed by atoms with Crippen molar-refractivity contribution in [3.05, 3.63) is 59.2 Å². The van der Waals surface area contributed by atoms with Crippen LogP contribution < -0.4 is 4.74 Å². The van der Waals surface area contributed by atoms with Gasteiger partial charge in [-0.05, 0) is 29.8 Å². The molecule has 0 saturated heterocycles. The summed E-state index contributed by atoms with van der Waals surface area (Å²) in [5.74, 6) is -0.869. The van der Waals surface area contributed by atoms with Crippen LogP contribution in [0.3, 0.4) is 0 Å². The van der Waals surface area contributed by atoms with Crippen LogP contribution in [0.15, 0.2) is 36.4 Å². The summed E-state index contributed by atoms with van der Waals surface area (Å²) >= 11 is 5.62. The van der Waals surface area contributed by atoms with Gasteiger partial charge in [0.15, 0.2) is 0 Å². The van der Waals surface area contributed by atoms with Crippen LogP contribution >= 0.6 is 11.6 Å². The van der Waals surface area contributed by atoms with E-state index in [1.807, 2.05) is 0 Å². The molecule has 0 spiro atoms. The minimum Gasteiger partial charge on any atom is -0.456 e. The third-order valence-corrected chi connectivity index (χ3v) is 2.71. The highest BCUT2D eigenvalue weighted by Gasteiger charge is 2.10. The molecule has 0 atom stereocenters. The third kappa shape index (κ3) is 3.01. The van der Waals surface area contributed by atoms with Crippen molar-refractivity contribution in [1.29, 1.82) is 5.26 Å². The normalized spacial score (nSPS) is 10.0. The first-order valence-corrected chi connectivity index (χ1v) is 5.89. The first-order valence-electron chi connectivity index (χ1n) is 5.36. The van der Waals surface area contributed by atoms with Crippen molar-refractivity contribution in [3.8, 4) is 17.6 Å². The van der Waals surface area contributed by atoms with Crippen molar-refractivity contribution >= 4 is 11.6 Å². The van der Waals surface area contributed by atoms with Crippen LogP contribution in [0.5, 0.6) is 11.5 Å². The summed E-state index contributed by atoms with van der Waals surface area (Å²) in [6, 6.07) is 9.65. The van der Waals surface area contributed by atoms with Gasteiger partial charge in [0.2, 0.25) is 0 Å². The molecule has 0 radical (unpaired) electrons. The minimum absolute atomic E-state index is 0.0358. The van der Waals surface area contributed by atoms with Crippen LogP contribution in [0.1, 0.15) is 11.1 Å². The van der Waals surface area contributed by atoms with Gasteiger partial charge in [-0.25, -0.2) is 8.78 Å². The molecular formula is C14H8ClF2NO. The molecule has 0 aromatic heterocycles. The number of nitriles is 1. The number of ether oxygens (including phenoxy) is 1. The first-order chi connectivity index (χ1) is 9.13. The largest absolute Gasteiger partial charge is 0.456 e. The Kier molecular flexibility index (Phi) is 3.98. The number of hydrogen-bond acceptors (Lipinski definition) is 2. The Balaban J connectivity index is 2.39. The standard InChI is InChI=1S/C14H8ClF2NO/c15-7-9-4-10(16)6-11(5-9)19-14-3-1-2-13(17)12(14)8-18/h1-6H,7H2. The van der Waals surface area contributed by atoms with E-state index in [-0.39, 0.29) is 22.9 Å².